The molecule has 2 aromatic carbocycles. The second-order valence-electron chi connectivity index (χ2n) is 5.30. The molecule has 0 aliphatic rings. The Kier molecular flexibility index (Phi) is 5.54. The van der Waals surface area contributed by atoms with Crippen molar-refractivity contribution in [1.29, 1.82) is 0 Å². The van der Waals surface area contributed by atoms with E-state index in [1.54, 1.807) is 42.5 Å². The molecule has 0 bridgehead atoms. The van der Waals surface area contributed by atoms with Crippen molar-refractivity contribution >= 4 is 41.0 Å². The standard InChI is InChI=1S/C18H11Cl2N3O4/c19-14-4-2-1-3-13(14)18(24)22-21-10-12-6-8-17(27-12)11-5-7-15(20)16(9-11)23(25)26/h1-10H,(H,22,24)/b21-10-. The fourth-order valence-corrected chi connectivity index (χ4v) is 2.65. The lowest BCUT2D eigenvalue weighted by Crippen LogP contribution is -2.17. The Labute approximate surface area is 163 Å². The van der Waals surface area contributed by atoms with Gasteiger partial charge in [-0.05, 0) is 36.4 Å². The van der Waals surface area contributed by atoms with Gasteiger partial charge in [-0.25, -0.2) is 5.43 Å². The van der Waals surface area contributed by atoms with Crippen molar-refractivity contribution in [1.82, 2.24) is 5.43 Å². The Hall–Kier alpha value is -3.16. The summed E-state index contributed by atoms with van der Waals surface area (Å²) >= 11 is 11.7. The van der Waals surface area contributed by atoms with Gasteiger partial charge in [-0.3, -0.25) is 14.9 Å². The molecule has 0 aliphatic carbocycles. The molecule has 3 rings (SSSR count). The van der Waals surface area contributed by atoms with Crippen molar-refractivity contribution in [2.75, 3.05) is 0 Å². The van der Waals surface area contributed by atoms with Gasteiger partial charge in [0.2, 0.25) is 0 Å². The number of rotatable bonds is 5. The zero-order valence-corrected chi connectivity index (χ0v) is 15.1. The molecular formula is C18H11Cl2N3O4. The van der Waals surface area contributed by atoms with Crippen LogP contribution >= 0.6 is 23.2 Å². The highest BCUT2D eigenvalue weighted by molar-refractivity contribution is 6.33. The number of carbonyl (C=O) groups is 1. The van der Waals surface area contributed by atoms with Crippen molar-refractivity contribution < 1.29 is 14.1 Å². The Balaban J connectivity index is 1.72. The number of furan rings is 1. The highest BCUT2D eigenvalue weighted by Gasteiger charge is 2.15. The van der Waals surface area contributed by atoms with Crippen molar-refractivity contribution in [2.24, 2.45) is 5.10 Å². The predicted octanol–water partition coefficient (Wildman–Crippen LogP) is 4.93. The van der Waals surface area contributed by atoms with Crippen LogP contribution in [0.5, 0.6) is 0 Å². The average molecular weight is 404 g/mol. The Morgan fingerprint density at radius 2 is 1.89 bits per heavy atom. The molecule has 1 aromatic heterocycles. The van der Waals surface area contributed by atoms with Gasteiger partial charge < -0.3 is 4.42 Å². The minimum absolute atomic E-state index is 0.0411. The summed E-state index contributed by atoms with van der Waals surface area (Å²) in [6.07, 6.45) is 1.31. The number of amides is 1. The summed E-state index contributed by atoms with van der Waals surface area (Å²) in [4.78, 5) is 22.4. The van der Waals surface area contributed by atoms with Crippen LogP contribution in [-0.4, -0.2) is 17.0 Å². The number of hydrazone groups is 1. The molecule has 0 fully saturated rings. The zero-order valence-electron chi connectivity index (χ0n) is 13.6. The highest BCUT2D eigenvalue weighted by atomic mass is 35.5. The first-order valence-electron chi connectivity index (χ1n) is 7.58. The second-order valence-corrected chi connectivity index (χ2v) is 6.12. The van der Waals surface area contributed by atoms with Crippen LogP contribution < -0.4 is 5.43 Å². The molecule has 3 aromatic rings. The van der Waals surface area contributed by atoms with Crippen LogP contribution in [0.25, 0.3) is 11.3 Å². The first-order chi connectivity index (χ1) is 13.0. The van der Waals surface area contributed by atoms with E-state index in [0.29, 0.717) is 27.7 Å². The van der Waals surface area contributed by atoms with E-state index >= 15 is 0 Å². The lowest BCUT2D eigenvalue weighted by Gasteiger charge is -2.01. The maximum Gasteiger partial charge on any atom is 0.288 e. The lowest BCUT2D eigenvalue weighted by molar-refractivity contribution is -0.384. The van der Waals surface area contributed by atoms with Gasteiger partial charge in [-0.15, -0.1) is 0 Å². The smallest absolute Gasteiger partial charge is 0.288 e. The van der Waals surface area contributed by atoms with Crippen LogP contribution in [0.1, 0.15) is 16.1 Å². The lowest BCUT2D eigenvalue weighted by atomic mass is 10.1. The summed E-state index contributed by atoms with van der Waals surface area (Å²) in [6.45, 7) is 0. The highest BCUT2D eigenvalue weighted by Crippen LogP contribution is 2.31. The minimum atomic E-state index is -0.568. The summed E-state index contributed by atoms with van der Waals surface area (Å²) in [7, 11) is 0. The fourth-order valence-electron chi connectivity index (χ4n) is 2.24. The summed E-state index contributed by atoms with van der Waals surface area (Å²) in [5, 5.41) is 15.2. The van der Waals surface area contributed by atoms with Crippen LogP contribution in [0.4, 0.5) is 5.69 Å². The van der Waals surface area contributed by atoms with Gasteiger partial charge in [0.05, 0.1) is 21.7 Å². The third-order valence-electron chi connectivity index (χ3n) is 3.53. The number of nitrogens with one attached hydrogen (secondary N) is 1. The molecule has 1 amide bonds. The molecule has 0 atom stereocenters. The molecule has 1 N–H and O–H groups in total. The van der Waals surface area contributed by atoms with Crippen LogP contribution in [0, 0.1) is 10.1 Å². The van der Waals surface area contributed by atoms with Gasteiger partial charge >= 0.3 is 0 Å². The molecule has 7 nitrogen and oxygen atoms in total. The first-order valence-corrected chi connectivity index (χ1v) is 8.33. The molecule has 0 saturated carbocycles. The summed E-state index contributed by atoms with van der Waals surface area (Å²) in [5.74, 6) is 0.285. The average Bonchev–Trinajstić information content (AvgIpc) is 3.11. The number of carbonyl (C=O) groups excluding carboxylic acids is 1. The molecule has 0 aliphatic heterocycles. The van der Waals surface area contributed by atoms with Crippen molar-refractivity contribution in [2.45, 2.75) is 0 Å². The topological polar surface area (TPSA) is 97.7 Å². The number of hydrogen-bond donors (Lipinski definition) is 1. The van der Waals surface area contributed by atoms with Crippen LogP contribution in [0.2, 0.25) is 10.0 Å². The normalized spacial score (nSPS) is 10.9. The quantitative estimate of drug-likeness (QED) is 0.371. The molecule has 0 spiro atoms. The molecule has 1 heterocycles. The van der Waals surface area contributed by atoms with Crippen molar-refractivity contribution in [3.05, 3.63) is 86.1 Å². The van der Waals surface area contributed by atoms with Crippen molar-refractivity contribution in [3.8, 4) is 11.3 Å². The van der Waals surface area contributed by atoms with Gasteiger partial charge in [0.1, 0.15) is 16.5 Å². The van der Waals surface area contributed by atoms with Crippen LogP contribution in [0.15, 0.2) is 64.1 Å². The third-order valence-corrected chi connectivity index (χ3v) is 4.18. The SMILES string of the molecule is O=C(N/N=C\c1ccc(-c2ccc(Cl)c([N+](=O)[O-])c2)o1)c1ccccc1Cl. The van der Waals surface area contributed by atoms with E-state index in [-0.39, 0.29) is 10.7 Å². The zero-order chi connectivity index (χ0) is 19.4. The Morgan fingerprint density at radius 1 is 1.11 bits per heavy atom. The monoisotopic (exact) mass is 403 g/mol. The van der Waals surface area contributed by atoms with E-state index in [2.05, 4.69) is 10.5 Å². The number of nitro benzene ring substituents is 1. The fraction of sp³-hybridized carbons (Fsp3) is 0. The molecule has 0 saturated heterocycles. The minimum Gasteiger partial charge on any atom is -0.455 e. The van der Waals surface area contributed by atoms with E-state index in [1.807, 2.05) is 0 Å². The van der Waals surface area contributed by atoms with Gasteiger partial charge in [0.15, 0.2) is 0 Å². The third kappa shape index (κ3) is 4.33. The van der Waals surface area contributed by atoms with Gasteiger partial charge in [0.25, 0.3) is 11.6 Å². The molecule has 0 unspecified atom stereocenters. The predicted molar refractivity (Wildman–Crippen MR) is 102 cm³/mol. The molecular weight excluding hydrogens is 393 g/mol. The first kappa shape index (κ1) is 18.6. The van der Waals surface area contributed by atoms with Crippen molar-refractivity contribution in [3.63, 3.8) is 0 Å². The molecule has 27 heavy (non-hydrogen) atoms. The maximum atomic E-state index is 12.0. The van der Waals surface area contributed by atoms with E-state index in [1.165, 1.54) is 18.3 Å². The van der Waals surface area contributed by atoms with E-state index < -0.39 is 10.8 Å². The van der Waals surface area contributed by atoms with E-state index in [0.717, 1.165) is 0 Å². The van der Waals surface area contributed by atoms with Crippen LogP contribution in [-0.2, 0) is 0 Å². The number of nitrogens with zero attached hydrogens (tertiary/aromatic N) is 2. The molecule has 136 valence electrons. The van der Waals surface area contributed by atoms with Crippen LogP contribution in [0.3, 0.4) is 0 Å². The molecule has 9 heteroatoms. The Bertz CT molecular complexity index is 1050. The molecule has 0 radical (unpaired) electrons. The Morgan fingerprint density at radius 3 is 2.63 bits per heavy atom. The van der Waals surface area contributed by atoms with E-state index in [4.69, 9.17) is 27.6 Å². The van der Waals surface area contributed by atoms with E-state index in [9.17, 15) is 14.9 Å². The summed E-state index contributed by atoms with van der Waals surface area (Å²) in [5.41, 5.74) is 2.92. The number of hydrogen-bond acceptors (Lipinski definition) is 5. The number of benzene rings is 2. The van der Waals surface area contributed by atoms with Gasteiger partial charge in [0, 0.05) is 11.6 Å². The van der Waals surface area contributed by atoms with Gasteiger partial charge in [-0.1, -0.05) is 35.3 Å². The summed E-state index contributed by atoms with van der Waals surface area (Å²) in [6, 6.07) is 14.2. The summed E-state index contributed by atoms with van der Waals surface area (Å²) < 4.78 is 5.56. The van der Waals surface area contributed by atoms with Gasteiger partial charge in [-0.2, -0.15) is 5.10 Å². The number of halogens is 2. The number of nitro groups is 1. The second kappa shape index (κ2) is 8.03. The largest absolute Gasteiger partial charge is 0.455 e. The maximum absolute atomic E-state index is 12.0.